The Labute approximate surface area is 215 Å². The van der Waals surface area contributed by atoms with Crippen molar-refractivity contribution in [3.05, 3.63) is 0 Å². The topological polar surface area (TPSA) is 85.9 Å². The first-order valence-electron chi connectivity index (χ1n) is 13.0. The average molecular weight is 501 g/mol. The van der Waals surface area contributed by atoms with E-state index in [-0.39, 0.29) is 34.7 Å². The minimum atomic E-state index is -0.488. The number of carbonyl (C=O) groups excluding carboxylic acids is 2. The molecular formula is C28H56N2O5. The Morgan fingerprint density at radius 3 is 1.49 bits per heavy atom. The summed E-state index contributed by atoms with van der Waals surface area (Å²) in [6.45, 7) is 28.5. The monoisotopic (exact) mass is 500 g/mol. The van der Waals surface area contributed by atoms with E-state index in [0.717, 1.165) is 19.3 Å². The minimum absolute atomic E-state index is 0.0804. The first kappa shape index (κ1) is 33.5. The number of nitrogens with one attached hydrogen (secondary N) is 2. The molecule has 0 aromatic carbocycles. The lowest BCUT2D eigenvalue weighted by Crippen LogP contribution is -2.45. The van der Waals surface area contributed by atoms with Gasteiger partial charge in [-0.05, 0) is 56.3 Å². The normalized spacial score (nSPS) is 15.7. The minimum Gasteiger partial charge on any atom is -0.449 e. The van der Waals surface area contributed by atoms with Crippen LogP contribution in [-0.2, 0) is 14.2 Å². The maximum absolute atomic E-state index is 12.4. The van der Waals surface area contributed by atoms with Crippen molar-refractivity contribution in [2.24, 2.45) is 21.7 Å². The zero-order valence-electron chi connectivity index (χ0n) is 25.1. The molecule has 0 aliphatic carbocycles. The molecule has 0 aliphatic rings. The zero-order chi connectivity index (χ0) is 27.7. The molecule has 2 unspecified atom stereocenters. The van der Waals surface area contributed by atoms with Crippen LogP contribution in [0.15, 0.2) is 0 Å². The first-order chi connectivity index (χ1) is 15.5. The molecule has 0 spiro atoms. The number of rotatable bonds is 12. The zero-order valence-corrected chi connectivity index (χ0v) is 25.1. The molecule has 35 heavy (non-hydrogen) atoms. The number of hydrogen-bond acceptors (Lipinski definition) is 5. The van der Waals surface area contributed by atoms with Gasteiger partial charge in [0, 0.05) is 18.5 Å². The Kier molecular flexibility index (Phi) is 12.6. The number of ether oxygens (including phenoxy) is 3. The Morgan fingerprint density at radius 2 is 1.11 bits per heavy atom. The fourth-order valence-electron chi connectivity index (χ4n) is 4.70. The quantitative estimate of drug-likeness (QED) is 0.303. The number of hydrogen-bond donors (Lipinski definition) is 2. The van der Waals surface area contributed by atoms with Crippen LogP contribution in [0.2, 0.25) is 0 Å². The summed E-state index contributed by atoms with van der Waals surface area (Å²) in [5.41, 5.74) is -0.343. The standard InChI is InChI=1S/C28H56N2O5/c1-14-28(13,18-25(5,6)7)20-34-23(32)30-16-21(35-26(8,9)10)15-29-22(31)33-19-27(11,12)17-24(2,3)4/h21H,14-20H2,1-13H3,(H,29,31)(H,30,32). The van der Waals surface area contributed by atoms with Crippen LogP contribution in [0.5, 0.6) is 0 Å². The molecule has 0 heterocycles. The summed E-state index contributed by atoms with van der Waals surface area (Å²) in [5, 5.41) is 5.57. The molecule has 7 nitrogen and oxygen atoms in total. The van der Waals surface area contributed by atoms with E-state index >= 15 is 0 Å². The van der Waals surface area contributed by atoms with Gasteiger partial charge in [0.25, 0.3) is 0 Å². The third-order valence-electron chi connectivity index (χ3n) is 5.43. The molecule has 7 heteroatoms. The molecule has 0 aromatic rings. The Morgan fingerprint density at radius 1 is 0.686 bits per heavy atom. The number of carbonyl (C=O) groups is 2. The molecule has 0 fully saturated rings. The van der Waals surface area contributed by atoms with Gasteiger partial charge in [0.15, 0.2) is 0 Å². The van der Waals surface area contributed by atoms with E-state index in [0.29, 0.717) is 13.2 Å². The van der Waals surface area contributed by atoms with Crippen LogP contribution in [0.3, 0.4) is 0 Å². The third kappa shape index (κ3) is 18.4. The number of amides is 2. The molecule has 2 N–H and O–H groups in total. The summed E-state index contributed by atoms with van der Waals surface area (Å²) in [6.07, 6.45) is 1.42. The summed E-state index contributed by atoms with van der Waals surface area (Å²) in [5.74, 6) is 0. The predicted molar refractivity (Wildman–Crippen MR) is 144 cm³/mol. The van der Waals surface area contributed by atoms with Gasteiger partial charge >= 0.3 is 12.2 Å². The smallest absolute Gasteiger partial charge is 0.407 e. The molecule has 0 saturated carbocycles. The Bertz CT molecular complexity index is 656. The highest BCUT2D eigenvalue weighted by Gasteiger charge is 2.30. The molecule has 0 saturated heterocycles. The summed E-state index contributed by atoms with van der Waals surface area (Å²) < 4.78 is 17.1. The molecule has 0 aliphatic heterocycles. The predicted octanol–water partition coefficient (Wildman–Crippen LogP) is 6.94. The van der Waals surface area contributed by atoms with Crippen LogP contribution >= 0.6 is 0 Å². The molecular weight excluding hydrogens is 444 g/mol. The van der Waals surface area contributed by atoms with Crippen LogP contribution in [0.25, 0.3) is 0 Å². The molecule has 2 atom stereocenters. The highest BCUT2D eigenvalue weighted by Crippen LogP contribution is 2.36. The SMILES string of the molecule is CCC(C)(COC(=O)NCC(CNC(=O)OCC(C)(C)CC(C)(C)C)OC(C)(C)C)CC(C)(C)C. The van der Waals surface area contributed by atoms with Gasteiger partial charge in [0.05, 0.1) is 24.9 Å². The molecule has 0 radical (unpaired) electrons. The highest BCUT2D eigenvalue weighted by atomic mass is 16.6. The maximum atomic E-state index is 12.4. The van der Waals surface area contributed by atoms with Gasteiger partial charge in [-0.15, -0.1) is 0 Å². The van der Waals surface area contributed by atoms with E-state index in [1.54, 1.807) is 0 Å². The van der Waals surface area contributed by atoms with E-state index in [1.165, 1.54) is 0 Å². The van der Waals surface area contributed by atoms with Crippen LogP contribution in [0.4, 0.5) is 9.59 Å². The van der Waals surface area contributed by atoms with E-state index in [9.17, 15) is 9.59 Å². The number of alkyl carbamates (subject to hydrolysis) is 2. The molecule has 0 rings (SSSR count). The van der Waals surface area contributed by atoms with Crippen LogP contribution < -0.4 is 10.6 Å². The molecule has 2 amide bonds. The van der Waals surface area contributed by atoms with Gasteiger partial charge in [-0.25, -0.2) is 9.59 Å². The fourth-order valence-corrected chi connectivity index (χ4v) is 4.70. The van der Waals surface area contributed by atoms with E-state index in [1.807, 2.05) is 20.8 Å². The van der Waals surface area contributed by atoms with E-state index in [4.69, 9.17) is 14.2 Å². The van der Waals surface area contributed by atoms with Crippen LogP contribution in [-0.4, -0.2) is 50.2 Å². The second-order valence-corrected chi connectivity index (χ2v) is 14.6. The summed E-state index contributed by atoms with van der Waals surface area (Å²) in [4.78, 5) is 24.7. The van der Waals surface area contributed by atoms with Crippen molar-refractivity contribution in [3.63, 3.8) is 0 Å². The molecule has 0 aromatic heterocycles. The van der Waals surface area contributed by atoms with Crippen molar-refractivity contribution < 1.29 is 23.8 Å². The molecule has 208 valence electrons. The van der Waals surface area contributed by atoms with Gasteiger partial charge in [-0.2, -0.15) is 0 Å². The Hall–Kier alpha value is -1.50. The second kappa shape index (κ2) is 13.2. The summed E-state index contributed by atoms with van der Waals surface area (Å²) in [7, 11) is 0. The van der Waals surface area contributed by atoms with E-state index in [2.05, 4.69) is 79.9 Å². The summed E-state index contributed by atoms with van der Waals surface area (Å²) in [6, 6.07) is 0. The van der Waals surface area contributed by atoms with Crippen molar-refractivity contribution in [2.45, 2.75) is 121 Å². The third-order valence-corrected chi connectivity index (χ3v) is 5.43. The van der Waals surface area contributed by atoms with Crippen molar-refractivity contribution in [1.29, 1.82) is 0 Å². The van der Waals surface area contributed by atoms with Crippen LogP contribution in [0.1, 0.15) is 109 Å². The van der Waals surface area contributed by atoms with Crippen molar-refractivity contribution >= 4 is 12.2 Å². The lowest BCUT2D eigenvalue weighted by atomic mass is 9.74. The van der Waals surface area contributed by atoms with Gasteiger partial charge in [0.1, 0.15) is 0 Å². The summed E-state index contributed by atoms with van der Waals surface area (Å²) >= 11 is 0. The van der Waals surface area contributed by atoms with Crippen LogP contribution in [0, 0.1) is 21.7 Å². The highest BCUT2D eigenvalue weighted by molar-refractivity contribution is 5.68. The van der Waals surface area contributed by atoms with Gasteiger partial charge in [0.2, 0.25) is 0 Å². The molecule has 0 bridgehead atoms. The first-order valence-corrected chi connectivity index (χ1v) is 13.0. The van der Waals surface area contributed by atoms with Crippen molar-refractivity contribution in [2.75, 3.05) is 26.3 Å². The maximum Gasteiger partial charge on any atom is 0.407 e. The second-order valence-electron chi connectivity index (χ2n) is 14.6. The lowest BCUT2D eigenvalue weighted by Gasteiger charge is -2.34. The largest absolute Gasteiger partial charge is 0.449 e. The van der Waals surface area contributed by atoms with Gasteiger partial charge in [-0.1, -0.05) is 69.2 Å². The Balaban J connectivity index is 4.77. The van der Waals surface area contributed by atoms with Crippen molar-refractivity contribution in [1.82, 2.24) is 10.6 Å². The lowest BCUT2D eigenvalue weighted by molar-refractivity contribution is -0.0573. The average Bonchev–Trinajstić information content (AvgIpc) is 2.62. The van der Waals surface area contributed by atoms with Gasteiger partial charge in [-0.3, -0.25) is 0 Å². The van der Waals surface area contributed by atoms with Gasteiger partial charge < -0.3 is 24.8 Å². The van der Waals surface area contributed by atoms with Crippen molar-refractivity contribution in [3.8, 4) is 0 Å². The van der Waals surface area contributed by atoms with E-state index < -0.39 is 23.9 Å². The fraction of sp³-hybridized carbons (Fsp3) is 0.929.